The van der Waals surface area contributed by atoms with Crippen molar-refractivity contribution < 1.29 is 4.79 Å². The molecule has 116 valence electrons. The minimum atomic E-state index is 0.105. The number of benzene rings is 1. The van der Waals surface area contributed by atoms with E-state index >= 15 is 0 Å². The first-order chi connectivity index (χ1) is 10.3. The number of hydrogen-bond acceptors (Lipinski definition) is 1. The van der Waals surface area contributed by atoms with Crippen molar-refractivity contribution in [3.8, 4) is 0 Å². The van der Waals surface area contributed by atoms with Crippen molar-refractivity contribution in [1.29, 1.82) is 0 Å². The zero-order valence-corrected chi connectivity index (χ0v) is 13.8. The summed E-state index contributed by atoms with van der Waals surface area (Å²) in [5, 5.41) is 2.90. The number of nitrogens with one attached hydrogen (secondary N) is 1. The predicted molar refractivity (Wildman–Crippen MR) is 91.5 cm³/mol. The molecule has 3 rings (SSSR count). The zero-order chi connectivity index (χ0) is 15.9. The molecule has 2 unspecified atom stereocenters. The Morgan fingerprint density at radius 3 is 2.77 bits per heavy atom. The van der Waals surface area contributed by atoms with Gasteiger partial charge in [0, 0.05) is 17.5 Å². The predicted octanol–water partition coefficient (Wildman–Crippen LogP) is 4.52. The maximum atomic E-state index is 12.1. The van der Waals surface area contributed by atoms with E-state index in [0.717, 1.165) is 25.0 Å². The number of piperidine rings is 1. The van der Waals surface area contributed by atoms with E-state index in [1.807, 2.05) is 0 Å². The minimum absolute atomic E-state index is 0.105. The highest BCUT2D eigenvalue weighted by Gasteiger charge is 2.29. The lowest BCUT2D eigenvalue weighted by Gasteiger charge is -2.26. The second-order valence-electron chi connectivity index (χ2n) is 7.62. The first-order valence-corrected chi connectivity index (χ1v) is 8.16. The van der Waals surface area contributed by atoms with E-state index in [4.69, 9.17) is 0 Å². The second-order valence-corrected chi connectivity index (χ2v) is 7.62. The Morgan fingerprint density at radius 2 is 2.09 bits per heavy atom. The molecule has 1 aliphatic carbocycles. The van der Waals surface area contributed by atoms with E-state index < -0.39 is 0 Å². The number of carbonyl (C=O) groups excluding carboxylic acids is 1. The summed E-state index contributed by atoms with van der Waals surface area (Å²) >= 11 is 0. The van der Waals surface area contributed by atoms with Gasteiger partial charge in [0.05, 0.1) is 0 Å². The quantitative estimate of drug-likeness (QED) is 0.853. The van der Waals surface area contributed by atoms with Crippen LogP contribution in [-0.4, -0.2) is 5.91 Å². The molecule has 0 saturated carbocycles. The first-order valence-electron chi connectivity index (χ1n) is 8.16. The van der Waals surface area contributed by atoms with Gasteiger partial charge in [0.2, 0.25) is 5.91 Å². The molecule has 1 fully saturated rings. The van der Waals surface area contributed by atoms with Crippen molar-refractivity contribution in [2.24, 2.45) is 5.92 Å². The number of amides is 1. The Labute approximate surface area is 133 Å². The largest absolute Gasteiger partial charge is 0.330 e. The Bertz CT molecular complexity index is 648. The highest BCUT2D eigenvalue weighted by molar-refractivity contribution is 5.81. The molecule has 0 aromatic heterocycles. The van der Waals surface area contributed by atoms with Gasteiger partial charge in [-0.3, -0.25) is 4.79 Å². The molecule has 1 aliphatic heterocycles. The van der Waals surface area contributed by atoms with Crippen molar-refractivity contribution in [2.75, 3.05) is 0 Å². The third-order valence-corrected chi connectivity index (χ3v) is 4.86. The molecule has 1 N–H and O–H groups in total. The average Bonchev–Trinajstić information content (AvgIpc) is 2.83. The number of carbonyl (C=O) groups is 1. The minimum Gasteiger partial charge on any atom is -0.330 e. The van der Waals surface area contributed by atoms with Crippen molar-refractivity contribution in [1.82, 2.24) is 5.32 Å². The smallest absolute Gasteiger partial charge is 0.227 e. The SMILES string of the molecule is C=C1CCC(CC2C=Cc3cc(C(C)(C)C)ccc32)C(=O)N1. The molecular weight excluding hydrogens is 270 g/mol. The fourth-order valence-corrected chi connectivity index (χ4v) is 3.40. The zero-order valence-electron chi connectivity index (χ0n) is 13.8. The van der Waals surface area contributed by atoms with Crippen LogP contribution in [0.4, 0.5) is 0 Å². The standard InChI is InChI=1S/C20H25NO/c1-13-5-6-16(19(22)21-13)11-14-7-8-15-12-17(20(2,3)4)9-10-18(14)15/h7-10,12,14,16H,1,5-6,11H2,2-4H3,(H,21,22). The molecule has 0 spiro atoms. The third-order valence-electron chi connectivity index (χ3n) is 4.86. The fraction of sp³-hybridized carbons (Fsp3) is 0.450. The maximum absolute atomic E-state index is 12.1. The lowest BCUT2D eigenvalue weighted by atomic mass is 9.82. The number of allylic oxidation sites excluding steroid dienone is 2. The van der Waals surface area contributed by atoms with Gasteiger partial charge in [0.1, 0.15) is 0 Å². The molecular formula is C20H25NO. The van der Waals surface area contributed by atoms with E-state index in [-0.39, 0.29) is 17.2 Å². The van der Waals surface area contributed by atoms with Gasteiger partial charge >= 0.3 is 0 Å². The van der Waals surface area contributed by atoms with Crippen LogP contribution in [0.2, 0.25) is 0 Å². The molecule has 1 aromatic carbocycles. The maximum Gasteiger partial charge on any atom is 0.227 e. The summed E-state index contributed by atoms with van der Waals surface area (Å²) in [6.07, 6.45) is 7.20. The Kier molecular flexibility index (Phi) is 3.72. The normalized spacial score (nSPS) is 24.3. The van der Waals surface area contributed by atoms with Crippen LogP contribution < -0.4 is 5.32 Å². The molecule has 2 nitrogen and oxygen atoms in total. The van der Waals surface area contributed by atoms with Crippen LogP contribution in [0.1, 0.15) is 62.6 Å². The number of fused-ring (bicyclic) bond motifs is 1. The Balaban J connectivity index is 1.76. The monoisotopic (exact) mass is 295 g/mol. The summed E-state index contributed by atoms with van der Waals surface area (Å²) < 4.78 is 0. The van der Waals surface area contributed by atoms with Gasteiger partial charge in [0.15, 0.2) is 0 Å². The highest BCUT2D eigenvalue weighted by atomic mass is 16.1. The van der Waals surface area contributed by atoms with E-state index in [1.165, 1.54) is 16.7 Å². The summed E-state index contributed by atoms with van der Waals surface area (Å²) in [4.78, 5) is 12.1. The van der Waals surface area contributed by atoms with Gasteiger partial charge < -0.3 is 5.32 Å². The molecule has 2 heteroatoms. The van der Waals surface area contributed by atoms with Crippen LogP contribution in [0.25, 0.3) is 6.08 Å². The summed E-state index contributed by atoms with van der Waals surface area (Å²) in [5.41, 5.74) is 5.08. The molecule has 2 aliphatic rings. The van der Waals surface area contributed by atoms with Crippen molar-refractivity contribution in [3.63, 3.8) is 0 Å². The lowest BCUT2D eigenvalue weighted by Crippen LogP contribution is -2.35. The van der Waals surface area contributed by atoms with Gasteiger partial charge in [-0.15, -0.1) is 0 Å². The van der Waals surface area contributed by atoms with Crippen LogP contribution in [0.3, 0.4) is 0 Å². The molecule has 0 bridgehead atoms. The number of rotatable bonds is 2. The van der Waals surface area contributed by atoms with E-state index in [1.54, 1.807) is 0 Å². The molecule has 22 heavy (non-hydrogen) atoms. The van der Waals surface area contributed by atoms with Crippen LogP contribution in [0.5, 0.6) is 0 Å². The molecule has 1 heterocycles. The van der Waals surface area contributed by atoms with Gasteiger partial charge in [-0.1, -0.05) is 57.7 Å². The lowest BCUT2D eigenvalue weighted by molar-refractivity contribution is -0.125. The van der Waals surface area contributed by atoms with Crippen LogP contribution >= 0.6 is 0 Å². The van der Waals surface area contributed by atoms with Gasteiger partial charge in [-0.2, -0.15) is 0 Å². The Morgan fingerprint density at radius 1 is 1.32 bits per heavy atom. The van der Waals surface area contributed by atoms with Crippen molar-refractivity contribution >= 4 is 12.0 Å². The average molecular weight is 295 g/mol. The van der Waals surface area contributed by atoms with Gasteiger partial charge in [-0.05, 0) is 41.4 Å². The second kappa shape index (κ2) is 5.42. The molecule has 1 saturated heterocycles. The van der Waals surface area contributed by atoms with E-state index in [0.29, 0.717) is 5.92 Å². The molecule has 1 aromatic rings. The third kappa shape index (κ3) is 2.87. The molecule has 1 amide bonds. The summed E-state index contributed by atoms with van der Waals surface area (Å²) in [5.74, 6) is 0.615. The van der Waals surface area contributed by atoms with Crippen LogP contribution in [0.15, 0.2) is 36.6 Å². The summed E-state index contributed by atoms with van der Waals surface area (Å²) in [7, 11) is 0. The van der Waals surface area contributed by atoms with Crippen molar-refractivity contribution in [3.05, 3.63) is 53.2 Å². The summed E-state index contributed by atoms with van der Waals surface area (Å²) in [6, 6.07) is 6.79. The molecule has 0 radical (unpaired) electrons. The fourth-order valence-electron chi connectivity index (χ4n) is 3.40. The first kappa shape index (κ1) is 15.1. The van der Waals surface area contributed by atoms with E-state index in [2.05, 4.69) is 63.0 Å². The highest BCUT2D eigenvalue weighted by Crippen LogP contribution is 2.38. The van der Waals surface area contributed by atoms with E-state index in [9.17, 15) is 4.79 Å². The summed E-state index contributed by atoms with van der Waals surface area (Å²) in [6.45, 7) is 10.6. The Hall–Kier alpha value is -1.83. The molecule has 2 atom stereocenters. The van der Waals surface area contributed by atoms with Gasteiger partial charge in [-0.25, -0.2) is 0 Å². The van der Waals surface area contributed by atoms with Crippen molar-refractivity contribution in [2.45, 2.75) is 51.4 Å². The van der Waals surface area contributed by atoms with Crippen LogP contribution in [0, 0.1) is 5.92 Å². The van der Waals surface area contributed by atoms with Crippen LogP contribution in [-0.2, 0) is 10.2 Å². The van der Waals surface area contributed by atoms with Gasteiger partial charge in [0.25, 0.3) is 0 Å². The topological polar surface area (TPSA) is 29.1 Å². The number of hydrogen-bond donors (Lipinski definition) is 1.